The third-order valence-corrected chi connectivity index (χ3v) is 6.35. The van der Waals surface area contributed by atoms with Crippen LogP contribution in [0, 0.1) is 0 Å². The second kappa shape index (κ2) is 8.12. The van der Waals surface area contributed by atoms with Crippen LogP contribution in [-0.4, -0.2) is 28.1 Å². The minimum Gasteiger partial charge on any atom is -0.306 e. The number of hydrogen-bond donors (Lipinski definition) is 3. The molecule has 0 aliphatic rings. The molecule has 0 aromatic heterocycles. The first-order valence-corrected chi connectivity index (χ1v) is 10.9. The van der Waals surface area contributed by atoms with Gasteiger partial charge in [-0.25, -0.2) is 17.9 Å². The van der Waals surface area contributed by atoms with Crippen LogP contribution in [-0.2, 0) is 20.0 Å². The van der Waals surface area contributed by atoms with Gasteiger partial charge in [-0.1, -0.05) is 29.8 Å². The zero-order valence-corrected chi connectivity index (χ0v) is 16.1. The van der Waals surface area contributed by atoms with E-state index in [-0.39, 0.29) is 21.3 Å². The van der Waals surface area contributed by atoms with Crippen molar-refractivity contribution >= 4 is 60.7 Å². The molecule has 2 aromatic carbocycles. The Kier molecular flexibility index (Phi) is 6.34. The van der Waals surface area contributed by atoms with Crippen LogP contribution < -0.4 is 14.8 Å². The van der Waals surface area contributed by atoms with E-state index in [4.69, 9.17) is 23.2 Å². The van der Waals surface area contributed by atoms with Crippen molar-refractivity contribution in [2.75, 3.05) is 15.3 Å². The first-order valence-electron chi connectivity index (χ1n) is 6.88. The molecule has 12 heteroatoms. The third-order valence-electron chi connectivity index (χ3n) is 2.94. The average molecular weight is 438 g/mol. The monoisotopic (exact) mass is 437 g/mol. The van der Waals surface area contributed by atoms with Crippen molar-refractivity contribution in [1.29, 1.82) is 0 Å². The highest BCUT2D eigenvalue weighted by Gasteiger charge is 2.18. The van der Waals surface area contributed by atoms with Crippen LogP contribution >= 0.6 is 23.2 Å². The van der Waals surface area contributed by atoms with E-state index in [0.29, 0.717) is 0 Å². The van der Waals surface area contributed by atoms with Gasteiger partial charge >= 0.3 is 16.2 Å². The van der Waals surface area contributed by atoms with Gasteiger partial charge in [0.15, 0.2) is 9.84 Å². The van der Waals surface area contributed by atoms with Gasteiger partial charge in [-0.2, -0.15) is 8.42 Å². The Morgan fingerprint density at radius 1 is 1.00 bits per heavy atom. The number of anilines is 2. The molecule has 3 N–H and O–H groups in total. The van der Waals surface area contributed by atoms with E-state index in [0.717, 1.165) is 6.07 Å². The van der Waals surface area contributed by atoms with E-state index in [1.165, 1.54) is 24.3 Å². The van der Waals surface area contributed by atoms with E-state index in [1.807, 2.05) is 0 Å². The molecule has 0 spiro atoms. The van der Waals surface area contributed by atoms with Gasteiger partial charge in [-0.3, -0.25) is 4.72 Å². The Bertz CT molecular complexity index is 1010. The van der Waals surface area contributed by atoms with Crippen LogP contribution in [0.15, 0.2) is 53.4 Å². The number of sulfone groups is 1. The standard InChI is InChI=1S/C14H13Cl2N3O5S2/c15-9-25(21,22)11-6-7-12(16)13(8-11)17-14(20)19-26(23,24)18-10-4-2-1-3-5-10/h1-8,18H,9H2,(H2,17,19,20). The number of urea groups is 1. The maximum atomic E-state index is 11.9. The second-order valence-corrected chi connectivity index (χ2v) is 9.29. The number of nitrogens with one attached hydrogen (secondary N) is 3. The lowest BCUT2D eigenvalue weighted by atomic mass is 10.3. The highest BCUT2D eigenvalue weighted by atomic mass is 35.5. The molecule has 0 bridgehead atoms. The van der Waals surface area contributed by atoms with Crippen molar-refractivity contribution in [2.24, 2.45) is 0 Å². The summed E-state index contributed by atoms with van der Waals surface area (Å²) in [7, 11) is -7.95. The molecule has 2 aromatic rings. The Morgan fingerprint density at radius 3 is 2.27 bits per heavy atom. The number of carbonyl (C=O) groups is 1. The molecular formula is C14H13Cl2N3O5S2. The normalized spacial score (nSPS) is 11.6. The number of alkyl halides is 1. The summed E-state index contributed by atoms with van der Waals surface area (Å²) in [6.45, 7) is 0. The van der Waals surface area contributed by atoms with Gasteiger partial charge < -0.3 is 5.32 Å². The molecule has 140 valence electrons. The summed E-state index contributed by atoms with van der Waals surface area (Å²) in [5.41, 5.74) is 0.159. The van der Waals surface area contributed by atoms with Crippen molar-refractivity contribution in [2.45, 2.75) is 4.90 Å². The molecule has 2 amide bonds. The number of halogens is 2. The average Bonchev–Trinajstić information content (AvgIpc) is 2.56. The fraction of sp³-hybridized carbons (Fsp3) is 0.0714. The van der Waals surface area contributed by atoms with Crippen molar-refractivity contribution in [3.63, 3.8) is 0 Å². The number of hydrogen-bond acceptors (Lipinski definition) is 5. The molecule has 0 atom stereocenters. The van der Waals surface area contributed by atoms with Gasteiger partial charge in [0.25, 0.3) is 0 Å². The fourth-order valence-corrected chi connectivity index (χ4v) is 3.85. The van der Waals surface area contributed by atoms with E-state index in [1.54, 1.807) is 22.9 Å². The molecule has 2 rings (SSSR count). The number of para-hydroxylation sites is 1. The quantitative estimate of drug-likeness (QED) is 0.599. The Balaban J connectivity index is 2.13. The highest BCUT2D eigenvalue weighted by Crippen LogP contribution is 2.26. The molecule has 26 heavy (non-hydrogen) atoms. The summed E-state index contributed by atoms with van der Waals surface area (Å²) >= 11 is 11.3. The maximum absolute atomic E-state index is 11.9. The molecule has 0 heterocycles. The fourth-order valence-electron chi connectivity index (χ4n) is 1.81. The first kappa shape index (κ1) is 20.3. The number of amides is 2. The highest BCUT2D eigenvalue weighted by molar-refractivity contribution is 7.92. The summed E-state index contributed by atoms with van der Waals surface area (Å²) < 4.78 is 51.3. The third kappa shape index (κ3) is 5.49. The van der Waals surface area contributed by atoms with Crippen molar-refractivity contribution in [1.82, 2.24) is 4.72 Å². The molecule has 0 saturated carbocycles. The summed E-state index contributed by atoms with van der Waals surface area (Å²) in [5.74, 6) is 0. The SMILES string of the molecule is O=C(Nc1cc(S(=O)(=O)CCl)ccc1Cl)NS(=O)(=O)Nc1ccccc1. The summed E-state index contributed by atoms with van der Waals surface area (Å²) in [5, 5.41) is 1.54. The van der Waals surface area contributed by atoms with Crippen molar-refractivity contribution in [3.05, 3.63) is 53.6 Å². The van der Waals surface area contributed by atoms with Gasteiger partial charge in [-0.05, 0) is 30.3 Å². The molecule has 0 radical (unpaired) electrons. The van der Waals surface area contributed by atoms with Gasteiger partial charge in [0.05, 0.1) is 21.3 Å². The van der Waals surface area contributed by atoms with Crippen molar-refractivity contribution in [3.8, 4) is 0 Å². The van der Waals surface area contributed by atoms with Crippen LogP contribution in [0.3, 0.4) is 0 Å². The van der Waals surface area contributed by atoms with Gasteiger partial charge in [0.2, 0.25) is 0 Å². The maximum Gasteiger partial charge on any atom is 0.334 e. The topological polar surface area (TPSA) is 121 Å². The molecule has 0 fully saturated rings. The summed E-state index contributed by atoms with van der Waals surface area (Å²) in [6, 6.07) is 10.3. The lowest BCUT2D eigenvalue weighted by molar-refractivity contribution is 0.256. The smallest absolute Gasteiger partial charge is 0.306 e. The van der Waals surface area contributed by atoms with Crippen LogP contribution in [0.4, 0.5) is 16.2 Å². The predicted molar refractivity (Wildman–Crippen MR) is 100 cm³/mol. The lowest BCUT2D eigenvalue weighted by Crippen LogP contribution is -2.38. The Morgan fingerprint density at radius 2 is 1.65 bits per heavy atom. The largest absolute Gasteiger partial charge is 0.334 e. The summed E-state index contributed by atoms with van der Waals surface area (Å²) in [6.07, 6.45) is 0. The Hall–Kier alpha value is -2.01. The molecule has 0 aliphatic carbocycles. The van der Waals surface area contributed by atoms with Crippen LogP contribution in [0.5, 0.6) is 0 Å². The number of rotatable bonds is 6. The van der Waals surface area contributed by atoms with Gasteiger partial charge in [-0.15, -0.1) is 11.6 Å². The van der Waals surface area contributed by atoms with Crippen LogP contribution in [0.25, 0.3) is 0 Å². The van der Waals surface area contributed by atoms with Crippen molar-refractivity contribution < 1.29 is 21.6 Å². The minimum absolute atomic E-state index is 0.0158. The molecule has 0 aliphatic heterocycles. The minimum atomic E-state index is -4.20. The van der Waals surface area contributed by atoms with Crippen LogP contribution in [0.2, 0.25) is 5.02 Å². The van der Waals surface area contributed by atoms with E-state index in [9.17, 15) is 21.6 Å². The number of benzene rings is 2. The van der Waals surface area contributed by atoms with Gasteiger partial charge in [0, 0.05) is 0 Å². The van der Waals surface area contributed by atoms with Crippen LogP contribution in [0.1, 0.15) is 0 Å². The lowest BCUT2D eigenvalue weighted by Gasteiger charge is -2.12. The van der Waals surface area contributed by atoms with E-state index in [2.05, 4.69) is 10.0 Å². The molecule has 0 saturated heterocycles. The second-order valence-electron chi connectivity index (χ2n) is 4.89. The predicted octanol–water partition coefficient (Wildman–Crippen LogP) is 2.79. The Labute approximate surface area is 160 Å². The van der Waals surface area contributed by atoms with Gasteiger partial charge in [0.1, 0.15) is 5.21 Å². The molecule has 0 unspecified atom stereocenters. The summed E-state index contributed by atoms with van der Waals surface area (Å²) in [4.78, 5) is 11.8. The first-order chi connectivity index (χ1) is 12.1. The zero-order chi connectivity index (χ0) is 19.4. The zero-order valence-electron chi connectivity index (χ0n) is 12.9. The molecular weight excluding hydrogens is 425 g/mol. The van der Waals surface area contributed by atoms with E-state index >= 15 is 0 Å². The van der Waals surface area contributed by atoms with E-state index < -0.39 is 31.3 Å². The molecule has 8 nitrogen and oxygen atoms in total. The number of carbonyl (C=O) groups excluding carboxylic acids is 1.